The lowest BCUT2D eigenvalue weighted by Crippen LogP contribution is -2.54. The topological polar surface area (TPSA) is 60.9 Å². The molecule has 0 saturated carbocycles. The van der Waals surface area contributed by atoms with E-state index in [9.17, 15) is 39.9 Å². The number of hydrogen-bond acceptors (Lipinski definition) is 5. The molecule has 1 N–H and O–H groups in total. The highest BCUT2D eigenvalue weighted by Crippen LogP contribution is 2.50. The number of sulfonamides is 1. The van der Waals surface area contributed by atoms with Gasteiger partial charge in [-0.05, 0) is 30.5 Å². The van der Waals surface area contributed by atoms with Crippen LogP contribution in [0.2, 0.25) is 0 Å². The number of thiophene rings is 1. The molecule has 1 aromatic carbocycles. The number of aliphatic hydroxyl groups is 1. The van der Waals surface area contributed by atoms with Crippen molar-refractivity contribution in [3.05, 3.63) is 47.3 Å². The molecule has 0 spiro atoms. The first-order valence-electron chi connectivity index (χ1n) is 8.96. The second-order valence-electron chi connectivity index (χ2n) is 7.10. The molecule has 1 aromatic heterocycles. The monoisotopic (exact) mass is 488 g/mol. The van der Waals surface area contributed by atoms with Crippen LogP contribution >= 0.6 is 11.3 Å². The minimum absolute atomic E-state index is 0.0954. The lowest BCUT2D eigenvalue weighted by Gasteiger charge is -2.40. The van der Waals surface area contributed by atoms with Crippen LogP contribution in [0.25, 0.3) is 0 Å². The summed E-state index contributed by atoms with van der Waals surface area (Å²) in [5, 5.41) is 11.1. The molecule has 2 aromatic rings. The average Bonchev–Trinajstić information content (AvgIpc) is 3.21. The van der Waals surface area contributed by atoms with E-state index in [0.29, 0.717) is 17.8 Å². The van der Waals surface area contributed by atoms with Crippen LogP contribution in [0.4, 0.5) is 32.0 Å². The minimum Gasteiger partial charge on any atom is -0.369 e. The number of anilines is 1. The van der Waals surface area contributed by atoms with E-state index in [1.54, 1.807) is 23.3 Å². The van der Waals surface area contributed by atoms with Crippen molar-refractivity contribution in [2.75, 3.05) is 24.5 Å². The predicted octanol–water partition coefficient (Wildman–Crippen LogP) is 3.96. The number of hydrogen-bond donors (Lipinski definition) is 1. The van der Waals surface area contributed by atoms with Crippen LogP contribution in [-0.4, -0.2) is 55.9 Å². The molecule has 1 aliphatic heterocycles. The maximum absolute atomic E-state index is 13.0. The Hall–Kier alpha value is -1.83. The third-order valence-electron chi connectivity index (χ3n) is 5.10. The Morgan fingerprint density at radius 1 is 1.00 bits per heavy atom. The van der Waals surface area contributed by atoms with Crippen LogP contribution < -0.4 is 4.90 Å². The van der Waals surface area contributed by atoms with Gasteiger partial charge < -0.3 is 10.0 Å². The average molecular weight is 488 g/mol. The molecule has 0 aliphatic carbocycles. The van der Waals surface area contributed by atoms with Crippen LogP contribution in [0.1, 0.15) is 12.5 Å². The molecule has 2 heterocycles. The summed E-state index contributed by atoms with van der Waals surface area (Å²) in [6.45, 7) is 2.14. The maximum Gasteiger partial charge on any atom is 0.430 e. The Labute approximate surface area is 178 Å². The van der Waals surface area contributed by atoms with Crippen LogP contribution in [0.15, 0.2) is 46.0 Å². The van der Waals surface area contributed by atoms with Crippen LogP contribution in [0.5, 0.6) is 0 Å². The summed E-state index contributed by atoms with van der Waals surface area (Å²) in [6.07, 6.45) is -11.9. The summed E-state index contributed by atoms with van der Waals surface area (Å²) < 4.78 is 105. The Kier molecular flexibility index (Phi) is 6.10. The van der Waals surface area contributed by atoms with Gasteiger partial charge in [-0.2, -0.15) is 30.6 Å². The predicted molar refractivity (Wildman–Crippen MR) is 102 cm³/mol. The maximum atomic E-state index is 13.0. The smallest absolute Gasteiger partial charge is 0.369 e. The van der Waals surface area contributed by atoms with Gasteiger partial charge in [0, 0.05) is 36.9 Å². The lowest BCUT2D eigenvalue weighted by atomic mass is 9.92. The summed E-state index contributed by atoms with van der Waals surface area (Å²) in [5.74, 6) is 0. The fourth-order valence-electron chi connectivity index (χ4n) is 3.46. The number of benzene rings is 1. The van der Waals surface area contributed by atoms with Gasteiger partial charge in [-0.25, -0.2) is 8.42 Å². The zero-order chi connectivity index (χ0) is 23.2. The van der Waals surface area contributed by atoms with Crippen molar-refractivity contribution in [1.29, 1.82) is 0 Å². The molecule has 1 fully saturated rings. The van der Waals surface area contributed by atoms with Crippen LogP contribution in [0, 0.1) is 0 Å². The number of piperazine rings is 1. The molecule has 31 heavy (non-hydrogen) atoms. The quantitative estimate of drug-likeness (QED) is 0.662. The standard InChI is InChI=1S/C18H18F6N2O3S2/c1-12-11-25(8-9-26(12)31(28,29)15-3-2-10-30-15)14-6-4-13(5-7-14)16(27,17(19,20)21)18(22,23)24/h2-7,10,12,27H,8-9,11H2,1H3. The van der Waals surface area contributed by atoms with Gasteiger partial charge in [0.1, 0.15) is 4.21 Å². The molecule has 1 unspecified atom stereocenters. The van der Waals surface area contributed by atoms with Crippen LogP contribution in [0.3, 0.4) is 0 Å². The van der Waals surface area contributed by atoms with Gasteiger partial charge in [0.2, 0.25) is 0 Å². The highest BCUT2D eigenvalue weighted by Gasteiger charge is 2.71. The third-order valence-corrected chi connectivity index (χ3v) is 8.48. The fourth-order valence-corrected chi connectivity index (χ4v) is 6.19. The fraction of sp³-hybridized carbons (Fsp3) is 0.444. The van der Waals surface area contributed by atoms with Crippen molar-refractivity contribution in [3.8, 4) is 0 Å². The van der Waals surface area contributed by atoms with Crippen molar-refractivity contribution in [2.24, 2.45) is 0 Å². The van der Waals surface area contributed by atoms with E-state index in [1.165, 1.54) is 10.4 Å². The van der Waals surface area contributed by atoms with E-state index < -0.39 is 39.6 Å². The molecule has 172 valence electrons. The summed E-state index contributed by atoms with van der Waals surface area (Å²) in [5.41, 5.74) is -6.02. The zero-order valence-electron chi connectivity index (χ0n) is 16.0. The van der Waals surface area contributed by atoms with Crippen LogP contribution in [-0.2, 0) is 15.6 Å². The number of rotatable bonds is 4. The first-order chi connectivity index (χ1) is 14.2. The van der Waals surface area contributed by atoms with E-state index >= 15 is 0 Å². The summed E-state index contributed by atoms with van der Waals surface area (Å²) in [7, 11) is -3.69. The number of nitrogens with zero attached hydrogens (tertiary/aromatic N) is 2. The van der Waals surface area contributed by atoms with Gasteiger partial charge in [0.15, 0.2) is 0 Å². The minimum atomic E-state index is -5.96. The first kappa shape index (κ1) is 23.8. The largest absolute Gasteiger partial charge is 0.430 e. The zero-order valence-corrected chi connectivity index (χ0v) is 17.6. The van der Waals surface area contributed by atoms with Gasteiger partial charge in [-0.15, -0.1) is 11.3 Å². The second kappa shape index (κ2) is 7.94. The molecule has 1 atom stereocenters. The molecule has 0 radical (unpaired) electrons. The molecule has 0 bridgehead atoms. The molecular weight excluding hydrogens is 470 g/mol. The molecular formula is C18H18F6N2O3S2. The number of halogens is 6. The van der Waals surface area contributed by atoms with Crippen molar-refractivity contribution >= 4 is 27.0 Å². The van der Waals surface area contributed by atoms with E-state index in [0.717, 1.165) is 23.5 Å². The molecule has 0 amide bonds. The SMILES string of the molecule is CC1CN(c2ccc(C(O)(C(F)(F)F)C(F)(F)F)cc2)CCN1S(=O)(=O)c1cccs1. The lowest BCUT2D eigenvalue weighted by molar-refractivity contribution is -0.376. The Morgan fingerprint density at radius 2 is 1.58 bits per heavy atom. The Morgan fingerprint density at radius 3 is 2.03 bits per heavy atom. The first-order valence-corrected chi connectivity index (χ1v) is 11.3. The van der Waals surface area contributed by atoms with Gasteiger partial charge in [-0.1, -0.05) is 18.2 Å². The summed E-state index contributed by atoms with van der Waals surface area (Å²) in [6, 6.07) is 5.87. The van der Waals surface area contributed by atoms with Crippen molar-refractivity contribution < 1.29 is 39.9 Å². The van der Waals surface area contributed by atoms with E-state index in [4.69, 9.17) is 0 Å². The van der Waals surface area contributed by atoms with E-state index in [2.05, 4.69) is 0 Å². The summed E-state index contributed by atoms with van der Waals surface area (Å²) in [4.78, 5) is 1.66. The Bertz CT molecular complexity index is 990. The second-order valence-corrected chi connectivity index (χ2v) is 10.2. The van der Waals surface area contributed by atoms with E-state index in [1.807, 2.05) is 0 Å². The molecule has 1 aliphatic rings. The van der Waals surface area contributed by atoms with Gasteiger partial charge in [0.05, 0.1) is 0 Å². The summed E-state index contributed by atoms with van der Waals surface area (Å²) >= 11 is 1.08. The normalized spacial score (nSPS) is 19.6. The third kappa shape index (κ3) is 4.15. The molecule has 3 rings (SSSR count). The number of alkyl halides is 6. The van der Waals surface area contributed by atoms with Crippen molar-refractivity contribution in [3.63, 3.8) is 0 Å². The van der Waals surface area contributed by atoms with Gasteiger partial charge >= 0.3 is 12.4 Å². The van der Waals surface area contributed by atoms with Crippen molar-refractivity contribution in [1.82, 2.24) is 4.31 Å². The molecule has 1 saturated heterocycles. The molecule has 13 heteroatoms. The van der Waals surface area contributed by atoms with Crippen molar-refractivity contribution in [2.45, 2.75) is 35.1 Å². The highest BCUT2D eigenvalue weighted by atomic mass is 32.2. The van der Waals surface area contributed by atoms with Gasteiger partial charge in [0.25, 0.3) is 15.6 Å². The van der Waals surface area contributed by atoms with E-state index in [-0.39, 0.29) is 23.8 Å². The molecule has 5 nitrogen and oxygen atoms in total. The highest BCUT2D eigenvalue weighted by molar-refractivity contribution is 7.91. The van der Waals surface area contributed by atoms with Gasteiger partial charge in [-0.3, -0.25) is 0 Å². The Balaban J connectivity index is 1.80.